The van der Waals surface area contributed by atoms with Crippen molar-refractivity contribution in [2.45, 2.75) is 6.54 Å². The number of hydrogen-bond acceptors (Lipinski definition) is 5. The number of hydrogen-bond donors (Lipinski definition) is 0. The summed E-state index contributed by atoms with van der Waals surface area (Å²) >= 11 is 1.44. The fraction of sp³-hybridized carbons (Fsp3) is 0.125. The fourth-order valence-corrected chi connectivity index (χ4v) is 1.77. The Morgan fingerprint density at radius 3 is 3.21 bits per heavy atom. The molecular weight excluding hydrogens is 202 g/mol. The van der Waals surface area contributed by atoms with E-state index in [4.69, 9.17) is 5.26 Å². The van der Waals surface area contributed by atoms with Crippen molar-refractivity contribution in [3.63, 3.8) is 0 Å². The van der Waals surface area contributed by atoms with Crippen molar-refractivity contribution in [2.24, 2.45) is 0 Å². The van der Waals surface area contributed by atoms with Crippen LogP contribution in [0.1, 0.15) is 0 Å². The predicted octanol–water partition coefficient (Wildman–Crippen LogP) is 1.09. The summed E-state index contributed by atoms with van der Waals surface area (Å²) in [6, 6.07) is 5.54. The Labute approximate surface area is 82.8 Å². The van der Waals surface area contributed by atoms with Gasteiger partial charge in [0.15, 0.2) is 5.82 Å². The van der Waals surface area contributed by atoms with Crippen molar-refractivity contribution >= 4 is 11.3 Å². The highest BCUT2D eigenvalue weighted by Crippen LogP contribution is 2.21. The van der Waals surface area contributed by atoms with Crippen LogP contribution in [0.3, 0.4) is 0 Å². The summed E-state index contributed by atoms with van der Waals surface area (Å²) in [6.45, 7) is -0.0461. The third kappa shape index (κ3) is 1.34. The van der Waals surface area contributed by atoms with Gasteiger partial charge in [0.2, 0.25) is 0 Å². The second-order valence-corrected chi connectivity index (χ2v) is 3.44. The highest BCUT2D eigenvalue weighted by Gasteiger charge is 2.12. The van der Waals surface area contributed by atoms with Gasteiger partial charge in [-0.15, -0.1) is 11.3 Å². The lowest BCUT2D eigenvalue weighted by Gasteiger charge is -1.94. The first-order valence-electron chi connectivity index (χ1n) is 3.80. The molecule has 0 spiro atoms. The summed E-state index contributed by atoms with van der Waals surface area (Å²) in [6.07, 6.45) is 0. The molecule has 0 amide bonds. The molecule has 0 N–H and O–H groups in total. The third-order valence-corrected chi connectivity index (χ3v) is 2.52. The molecular formula is C8H5N3O2S. The lowest BCUT2D eigenvalue weighted by atomic mass is 10.4. The number of aromatic nitrogens is 2. The standard InChI is InChI=1S/C8H5N3O2S/c9-3-4-11-7(10-13-8(11)12)6-2-1-5-14-6/h1-2,5H,4H2. The van der Waals surface area contributed by atoms with E-state index in [1.54, 1.807) is 0 Å². The Hall–Kier alpha value is -1.87. The topological polar surface area (TPSA) is 71.8 Å². The van der Waals surface area contributed by atoms with Crippen molar-refractivity contribution in [3.8, 4) is 16.8 Å². The van der Waals surface area contributed by atoms with E-state index in [2.05, 4.69) is 9.68 Å². The van der Waals surface area contributed by atoms with Gasteiger partial charge in [0, 0.05) is 0 Å². The zero-order valence-corrected chi connectivity index (χ0v) is 7.82. The number of nitriles is 1. The van der Waals surface area contributed by atoms with Crippen LogP contribution in [0.2, 0.25) is 0 Å². The zero-order chi connectivity index (χ0) is 9.97. The molecule has 0 aliphatic carbocycles. The third-order valence-electron chi connectivity index (χ3n) is 1.66. The van der Waals surface area contributed by atoms with Gasteiger partial charge < -0.3 is 0 Å². The summed E-state index contributed by atoms with van der Waals surface area (Å²) in [5, 5.41) is 14.0. The maximum Gasteiger partial charge on any atom is 0.442 e. The number of rotatable bonds is 2. The predicted molar refractivity (Wildman–Crippen MR) is 49.7 cm³/mol. The van der Waals surface area contributed by atoms with E-state index in [9.17, 15) is 4.79 Å². The lowest BCUT2D eigenvalue weighted by Crippen LogP contribution is -2.14. The summed E-state index contributed by atoms with van der Waals surface area (Å²) in [7, 11) is 0. The van der Waals surface area contributed by atoms with Gasteiger partial charge in [0.1, 0.15) is 6.54 Å². The number of nitrogens with zero attached hydrogens (tertiary/aromatic N) is 3. The van der Waals surface area contributed by atoms with Crippen molar-refractivity contribution in [1.82, 2.24) is 9.72 Å². The molecule has 2 aromatic heterocycles. The second kappa shape index (κ2) is 3.47. The van der Waals surface area contributed by atoms with Gasteiger partial charge in [0.05, 0.1) is 10.9 Å². The van der Waals surface area contributed by atoms with E-state index in [1.807, 2.05) is 23.6 Å². The van der Waals surface area contributed by atoms with Crippen molar-refractivity contribution in [3.05, 3.63) is 28.1 Å². The summed E-state index contributed by atoms with van der Waals surface area (Å²) < 4.78 is 5.69. The monoisotopic (exact) mass is 207 g/mol. The lowest BCUT2D eigenvalue weighted by molar-refractivity contribution is 0.379. The maximum absolute atomic E-state index is 11.1. The normalized spacial score (nSPS) is 9.93. The van der Waals surface area contributed by atoms with Gasteiger partial charge in [-0.2, -0.15) is 5.26 Å². The summed E-state index contributed by atoms with van der Waals surface area (Å²) in [5.74, 6) is -0.193. The smallest absolute Gasteiger partial charge is 0.295 e. The largest absolute Gasteiger partial charge is 0.442 e. The van der Waals surface area contributed by atoms with Gasteiger partial charge in [-0.05, 0) is 11.4 Å². The molecule has 14 heavy (non-hydrogen) atoms. The molecule has 0 saturated heterocycles. The van der Waals surface area contributed by atoms with Crippen LogP contribution in [0.5, 0.6) is 0 Å². The van der Waals surface area contributed by atoms with Gasteiger partial charge in [-0.25, -0.2) is 9.36 Å². The molecule has 6 heteroatoms. The first-order valence-corrected chi connectivity index (χ1v) is 4.68. The first-order chi connectivity index (χ1) is 6.83. The number of thiophene rings is 1. The van der Waals surface area contributed by atoms with Gasteiger partial charge in [0.25, 0.3) is 0 Å². The van der Waals surface area contributed by atoms with Crippen LogP contribution in [-0.2, 0) is 6.54 Å². The Balaban J connectivity index is 2.55. The maximum atomic E-state index is 11.1. The molecule has 0 radical (unpaired) electrons. The van der Waals surface area contributed by atoms with E-state index in [-0.39, 0.29) is 6.54 Å². The average Bonchev–Trinajstić information content (AvgIpc) is 2.77. The summed E-state index contributed by atoms with van der Waals surface area (Å²) in [4.78, 5) is 11.9. The van der Waals surface area contributed by atoms with Crippen molar-refractivity contribution in [2.75, 3.05) is 0 Å². The Bertz CT molecular complexity index is 518. The first kappa shape index (κ1) is 8.72. The Morgan fingerprint density at radius 2 is 2.57 bits per heavy atom. The molecule has 2 heterocycles. The highest BCUT2D eigenvalue weighted by molar-refractivity contribution is 7.13. The molecule has 0 aliphatic rings. The molecule has 2 aromatic rings. The van der Waals surface area contributed by atoms with Crippen LogP contribution in [0, 0.1) is 11.3 Å². The van der Waals surface area contributed by atoms with E-state index in [1.165, 1.54) is 15.9 Å². The Morgan fingerprint density at radius 1 is 1.71 bits per heavy atom. The van der Waals surface area contributed by atoms with Crippen LogP contribution in [0.4, 0.5) is 0 Å². The van der Waals surface area contributed by atoms with E-state index in [0.29, 0.717) is 5.82 Å². The zero-order valence-electron chi connectivity index (χ0n) is 7.01. The molecule has 0 fully saturated rings. The average molecular weight is 207 g/mol. The minimum Gasteiger partial charge on any atom is -0.295 e. The molecule has 0 atom stereocenters. The van der Waals surface area contributed by atoms with Crippen LogP contribution in [0.25, 0.3) is 10.7 Å². The van der Waals surface area contributed by atoms with Crippen molar-refractivity contribution in [1.29, 1.82) is 5.26 Å². The van der Waals surface area contributed by atoms with Crippen LogP contribution in [-0.4, -0.2) is 9.72 Å². The molecule has 5 nitrogen and oxygen atoms in total. The molecule has 0 aliphatic heterocycles. The highest BCUT2D eigenvalue weighted by atomic mass is 32.1. The summed E-state index contributed by atoms with van der Waals surface area (Å²) in [5.41, 5.74) is 0. The van der Waals surface area contributed by atoms with E-state index in [0.717, 1.165) is 4.88 Å². The van der Waals surface area contributed by atoms with Gasteiger partial charge in [-0.1, -0.05) is 11.2 Å². The molecule has 70 valence electrons. The fourth-order valence-electron chi connectivity index (χ4n) is 1.06. The molecule has 2 rings (SSSR count). The SMILES string of the molecule is N#CCn1c(-c2cccs2)noc1=O. The van der Waals surface area contributed by atoms with Gasteiger partial charge in [-0.3, -0.25) is 4.52 Å². The second-order valence-electron chi connectivity index (χ2n) is 2.49. The molecule has 0 bridgehead atoms. The minimum atomic E-state index is -0.602. The Kier molecular flexibility index (Phi) is 2.16. The molecule has 0 unspecified atom stereocenters. The molecule has 0 saturated carbocycles. The molecule has 0 aromatic carbocycles. The quantitative estimate of drug-likeness (QED) is 0.738. The van der Waals surface area contributed by atoms with Crippen LogP contribution < -0.4 is 5.76 Å². The van der Waals surface area contributed by atoms with Crippen molar-refractivity contribution < 1.29 is 4.52 Å². The van der Waals surface area contributed by atoms with E-state index >= 15 is 0 Å². The minimum absolute atomic E-state index is 0.0461. The van der Waals surface area contributed by atoms with Crippen LogP contribution >= 0.6 is 11.3 Å². The van der Waals surface area contributed by atoms with Gasteiger partial charge >= 0.3 is 5.76 Å². The van der Waals surface area contributed by atoms with E-state index < -0.39 is 5.76 Å². The van der Waals surface area contributed by atoms with Crippen LogP contribution in [0.15, 0.2) is 26.8 Å².